The number of hydrogen-bond donors (Lipinski definition) is 1. The summed E-state index contributed by atoms with van der Waals surface area (Å²) in [6.07, 6.45) is -4.74. The Bertz CT molecular complexity index is 334. The van der Waals surface area contributed by atoms with Crippen molar-refractivity contribution in [1.29, 1.82) is 0 Å². The lowest BCUT2D eigenvalue weighted by molar-refractivity contribution is -0.139. The van der Waals surface area contributed by atoms with Gasteiger partial charge in [0.15, 0.2) is 0 Å². The maximum Gasteiger partial charge on any atom is 0.419 e. The molecule has 0 saturated heterocycles. The SMILES string of the molecule is FCCNc1ccc(F)c(C(F)(F)F)c1. The molecule has 0 spiro atoms. The van der Waals surface area contributed by atoms with E-state index in [1.807, 2.05) is 0 Å². The Balaban J connectivity index is 2.95. The zero-order valence-electron chi connectivity index (χ0n) is 7.54. The standard InChI is InChI=1S/C9H8F5N/c10-3-4-15-6-1-2-8(11)7(5-6)9(12,13)14/h1-2,5,15H,3-4H2. The molecule has 0 aromatic heterocycles. The van der Waals surface area contributed by atoms with Gasteiger partial charge in [-0.25, -0.2) is 8.78 Å². The fourth-order valence-electron chi connectivity index (χ4n) is 1.04. The van der Waals surface area contributed by atoms with E-state index in [2.05, 4.69) is 5.32 Å². The molecule has 1 nitrogen and oxygen atoms in total. The molecule has 0 radical (unpaired) electrons. The highest BCUT2D eigenvalue weighted by Gasteiger charge is 2.34. The second-order valence-corrected chi connectivity index (χ2v) is 2.81. The number of rotatable bonds is 3. The molecule has 84 valence electrons. The second kappa shape index (κ2) is 4.46. The van der Waals surface area contributed by atoms with Crippen molar-refractivity contribution in [2.24, 2.45) is 0 Å². The smallest absolute Gasteiger partial charge is 0.382 e. The normalized spacial score (nSPS) is 11.5. The first-order valence-electron chi connectivity index (χ1n) is 4.11. The van der Waals surface area contributed by atoms with Gasteiger partial charge in [0.05, 0.1) is 5.56 Å². The molecule has 1 aromatic rings. The minimum atomic E-state index is -4.74. The molecule has 0 aliphatic rings. The number of halogens is 5. The highest BCUT2D eigenvalue weighted by atomic mass is 19.4. The molecule has 0 bridgehead atoms. The quantitative estimate of drug-likeness (QED) is 0.779. The van der Waals surface area contributed by atoms with E-state index in [-0.39, 0.29) is 12.2 Å². The molecule has 1 N–H and O–H groups in total. The molecule has 0 fully saturated rings. The van der Waals surface area contributed by atoms with Gasteiger partial charge >= 0.3 is 6.18 Å². The first-order chi connectivity index (χ1) is 6.95. The van der Waals surface area contributed by atoms with Gasteiger partial charge in [0, 0.05) is 12.2 Å². The fraction of sp³-hybridized carbons (Fsp3) is 0.333. The van der Waals surface area contributed by atoms with E-state index >= 15 is 0 Å². The number of benzene rings is 1. The van der Waals surface area contributed by atoms with Crippen LogP contribution in [0, 0.1) is 5.82 Å². The molecule has 15 heavy (non-hydrogen) atoms. The van der Waals surface area contributed by atoms with Crippen LogP contribution in [0.25, 0.3) is 0 Å². The summed E-state index contributed by atoms with van der Waals surface area (Å²) in [6, 6.07) is 2.44. The van der Waals surface area contributed by atoms with Gasteiger partial charge in [-0.1, -0.05) is 0 Å². The van der Waals surface area contributed by atoms with Crippen molar-refractivity contribution in [2.45, 2.75) is 6.18 Å². The van der Waals surface area contributed by atoms with Crippen molar-refractivity contribution in [3.05, 3.63) is 29.6 Å². The van der Waals surface area contributed by atoms with E-state index < -0.39 is 24.2 Å². The van der Waals surface area contributed by atoms with E-state index in [1.165, 1.54) is 0 Å². The maximum absolute atomic E-state index is 12.8. The third kappa shape index (κ3) is 3.07. The van der Waals surface area contributed by atoms with Crippen molar-refractivity contribution in [1.82, 2.24) is 0 Å². The van der Waals surface area contributed by atoms with Crippen LogP contribution < -0.4 is 5.32 Å². The summed E-state index contributed by atoms with van der Waals surface area (Å²) in [5, 5.41) is 2.39. The largest absolute Gasteiger partial charge is 0.419 e. The highest BCUT2D eigenvalue weighted by Crippen LogP contribution is 2.32. The van der Waals surface area contributed by atoms with Gasteiger partial charge in [-0.15, -0.1) is 0 Å². The molecule has 0 amide bonds. The summed E-state index contributed by atoms with van der Waals surface area (Å²) in [7, 11) is 0. The van der Waals surface area contributed by atoms with Crippen LogP contribution in [0.2, 0.25) is 0 Å². The van der Waals surface area contributed by atoms with Crippen molar-refractivity contribution in [3.8, 4) is 0 Å². The van der Waals surface area contributed by atoms with E-state index in [1.54, 1.807) is 0 Å². The molecule has 1 rings (SSSR count). The average molecular weight is 225 g/mol. The molecule has 6 heteroatoms. The summed E-state index contributed by atoms with van der Waals surface area (Å²) >= 11 is 0. The summed E-state index contributed by atoms with van der Waals surface area (Å²) in [5.41, 5.74) is -1.31. The van der Waals surface area contributed by atoms with E-state index in [0.29, 0.717) is 12.1 Å². The van der Waals surface area contributed by atoms with Crippen LogP contribution in [0.15, 0.2) is 18.2 Å². The first kappa shape index (κ1) is 11.7. The minimum Gasteiger partial charge on any atom is -0.382 e. The van der Waals surface area contributed by atoms with Gasteiger partial charge in [0.25, 0.3) is 0 Å². The number of hydrogen-bond acceptors (Lipinski definition) is 1. The third-order valence-electron chi connectivity index (χ3n) is 1.70. The highest BCUT2D eigenvalue weighted by molar-refractivity contribution is 5.47. The maximum atomic E-state index is 12.8. The van der Waals surface area contributed by atoms with Gasteiger partial charge in [-0.3, -0.25) is 0 Å². The van der Waals surface area contributed by atoms with E-state index in [9.17, 15) is 22.0 Å². The summed E-state index contributed by atoms with van der Waals surface area (Å²) in [4.78, 5) is 0. The van der Waals surface area contributed by atoms with Gasteiger partial charge in [0.1, 0.15) is 12.5 Å². The fourth-order valence-corrected chi connectivity index (χ4v) is 1.04. The molecule has 0 aliphatic heterocycles. The van der Waals surface area contributed by atoms with Gasteiger partial charge in [-0.05, 0) is 18.2 Å². The van der Waals surface area contributed by atoms with Crippen LogP contribution in [0.4, 0.5) is 27.6 Å². The lowest BCUT2D eigenvalue weighted by Gasteiger charge is -2.10. The Hall–Kier alpha value is -1.33. The summed E-state index contributed by atoms with van der Waals surface area (Å²) < 4.78 is 61.1. The molecule has 0 unspecified atom stereocenters. The first-order valence-corrected chi connectivity index (χ1v) is 4.11. The van der Waals surface area contributed by atoms with Crippen LogP contribution in [-0.2, 0) is 6.18 Å². The van der Waals surface area contributed by atoms with Crippen LogP contribution in [0.5, 0.6) is 0 Å². The van der Waals surface area contributed by atoms with E-state index in [4.69, 9.17) is 0 Å². The zero-order chi connectivity index (χ0) is 11.5. The molecular formula is C9H8F5N. The zero-order valence-corrected chi connectivity index (χ0v) is 7.54. The Morgan fingerprint density at radius 3 is 2.40 bits per heavy atom. The molecule has 1 aromatic carbocycles. The summed E-state index contributed by atoms with van der Waals surface area (Å²) in [6.45, 7) is -0.818. The van der Waals surface area contributed by atoms with Crippen molar-refractivity contribution < 1.29 is 22.0 Å². The predicted octanol–water partition coefficient (Wildman–Crippen LogP) is 3.23. The molecule has 0 atom stereocenters. The average Bonchev–Trinajstić information content (AvgIpc) is 2.15. The Morgan fingerprint density at radius 2 is 1.87 bits per heavy atom. The number of anilines is 1. The monoisotopic (exact) mass is 225 g/mol. The molecule has 0 aliphatic carbocycles. The predicted molar refractivity (Wildman–Crippen MR) is 45.9 cm³/mol. The second-order valence-electron chi connectivity index (χ2n) is 2.81. The van der Waals surface area contributed by atoms with Gasteiger partial charge in [-0.2, -0.15) is 13.2 Å². The summed E-state index contributed by atoms with van der Waals surface area (Å²) in [5.74, 6) is -1.34. The lowest BCUT2D eigenvalue weighted by Crippen LogP contribution is -2.10. The van der Waals surface area contributed by atoms with E-state index in [0.717, 1.165) is 6.07 Å². The topological polar surface area (TPSA) is 12.0 Å². The van der Waals surface area contributed by atoms with Crippen LogP contribution in [0.3, 0.4) is 0 Å². The van der Waals surface area contributed by atoms with Crippen molar-refractivity contribution in [2.75, 3.05) is 18.5 Å². The van der Waals surface area contributed by atoms with Crippen LogP contribution in [0.1, 0.15) is 5.56 Å². The van der Waals surface area contributed by atoms with Crippen molar-refractivity contribution >= 4 is 5.69 Å². The molecule has 0 heterocycles. The van der Waals surface area contributed by atoms with Gasteiger partial charge < -0.3 is 5.32 Å². The Morgan fingerprint density at radius 1 is 1.20 bits per heavy atom. The third-order valence-corrected chi connectivity index (χ3v) is 1.70. The number of nitrogens with one attached hydrogen (secondary N) is 1. The van der Waals surface area contributed by atoms with Crippen LogP contribution in [-0.4, -0.2) is 13.2 Å². The molecule has 0 saturated carbocycles. The van der Waals surface area contributed by atoms with Crippen LogP contribution >= 0.6 is 0 Å². The Labute approximate surface area is 82.9 Å². The van der Waals surface area contributed by atoms with Crippen molar-refractivity contribution in [3.63, 3.8) is 0 Å². The number of alkyl halides is 4. The molecular weight excluding hydrogens is 217 g/mol. The minimum absolute atomic E-state index is 0.0429. The van der Waals surface area contributed by atoms with Gasteiger partial charge in [0.2, 0.25) is 0 Å². The lowest BCUT2D eigenvalue weighted by atomic mass is 10.2. The Kier molecular flexibility index (Phi) is 3.49.